The van der Waals surface area contributed by atoms with Crippen molar-refractivity contribution in [2.75, 3.05) is 4.90 Å². The Balaban J connectivity index is 2.03. The number of fused-ring (bicyclic) bond motifs is 1. The fourth-order valence-corrected chi connectivity index (χ4v) is 4.33. The topological polar surface area (TPSA) is 59.9 Å². The van der Waals surface area contributed by atoms with Gasteiger partial charge >= 0.3 is 0 Å². The van der Waals surface area contributed by atoms with Crippen LogP contribution in [0.3, 0.4) is 0 Å². The Kier molecular flexibility index (Phi) is 5.13. The van der Waals surface area contributed by atoms with Gasteiger partial charge in [0, 0.05) is 16.6 Å². The number of H-pyrrole nitrogens is 1. The molecule has 4 nitrogen and oxygen atoms in total. The van der Waals surface area contributed by atoms with Gasteiger partial charge in [0.1, 0.15) is 11.6 Å². The number of amides is 1. The molecule has 0 radical (unpaired) electrons. The molecule has 0 aliphatic heterocycles. The Morgan fingerprint density at radius 1 is 1.40 bits per heavy atom. The van der Waals surface area contributed by atoms with Gasteiger partial charge in [-0.05, 0) is 61.8 Å². The van der Waals surface area contributed by atoms with Gasteiger partial charge in [-0.3, -0.25) is 4.79 Å². The van der Waals surface area contributed by atoms with Crippen LogP contribution in [0.2, 0.25) is 0 Å². The van der Waals surface area contributed by atoms with E-state index >= 15 is 0 Å². The highest BCUT2D eigenvalue weighted by molar-refractivity contribution is 7.73. The SMILES string of the molecule is CC(C)N(C(=O)/C(C#N)=C/c1cccs1)c1ccc2[nH]c(=S)sc2c1. The zero-order valence-corrected chi connectivity index (χ0v) is 16.1. The van der Waals surface area contributed by atoms with Crippen molar-refractivity contribution in [3.63, 3.8) is 0 Å². The second kappa shape index (κ2) is 7.31. The van der Waals surface area contributed by atoms with E-state index in [2.05, 4.69) is 4.98 Å². The lowest BCUT2D eigenvalue weighted by atomic mass is 10.1. The molecular weight excluding hydrogens is 370 g/mol. The molecule has 0 saturated heterocycles. The zero-order chi connectivity index (χ0) is 18.0. The molecule has 1 aromatic carbocycles. The molecular formula is C18H15N3OS3. The monoisotopic (exact) mass is 385 g/mol. The van der Waals surface area contributed by atoms with E-state index in [9.17, 15) is 10.1 Å². The van der Waals surface area contributed by atoms with Crippen molar-refractivity contribution >= 4 is 62.8 Å². The second-order valence-electron chi connectivity index (χ2n) is 5.65. The van der Waals surface area contributed by atoms with Crippen molar-refractivity contribution in [2.45, 2.75) is 19.9 Å². The number of aromatic amines is 1. The van der Waals surface area contributed by atoms with Crippen LogP contribution in [0.5, 0.6) is 0 Å². The van der Waals surface area contributed by atoms with Crippen LogP contribution < -0.4 is 4.90 Å². The number of hydrogen-bond acceptors (Lipinski definition) is 5. The second-order valence-corrected chi connectivity index (χ2v) is 8.35. The Bertz CT molecular complexity index is 1040. The molecule has 0 bridgehead atoms. The van der Waals surface area contributed by atoms with Crippen LogP contribution in [0, 0.1) is 15.3 Å². The number of thiophene rings is 1. The minimum atomic E-state index is -0.301. The van der Waals surface area contributed by atoms with Gasteiger partial charge in [-0.25, -0.2) is 0 Å². The van der Waals surface area contributed by atoms with E-state index in [1.165, 1.54) is 22.7 Å². The van der Waals surface area contributed by atoms with Gasteiger partial charge in [0.25, 0.3) is 5.91 Å². The quantitative estimate of drug-likeness (QED) is 0.373. The first-order valence-corrected chi connectivity index (χ1v) is 9.72. The summed E-state index contributed by atoms with van der Waals surface area (Å²) in [6.45, 7) is 3.86. The van der Waals surface area contributed by atoms with E-state index in [0.717, 1.165) is 20.8 Å². The molecule has 0 saturated carbocycles. The van der Waals surface area contributed by atoms with Gasteiger partial charge in [-0.15, -0.1) is 22.7 Å². The van der Waals surface area contributed by atoms with Gasteiger partial charge in [0.15, 0.2) is 3.95 Å². The summed E-state index contributed by atoms with van der Waals surface area (Å²) in [6, 6.07) is 11.5. The van der Waals surface area contributed by atoms with E-state index in [1.807, 2.05) is 55.6 Å². The third kappa shape index (κ3) is 3.71. The first-order chi connectivity index (χ1) is 12.0. The van der Waals surface area contributed by atoms with Crippen LogP contribution in [0.25, 0.3) is 16.3 Å². The number of benzene rings is 1. The van der Waals surface area contributed by atoms with Gasteiger partial charge in [0.05, 0.1) is 10.2 Å². The molecule has 126 valence electrons. The van der Waals surface area contributed by atoms with Crippen LogP contribution >= 0.6 is 34.9 Å². The van der Waals surface area contributed by atoms with Crippen molar-refractivity contribution in [3.05, 3.63) is 50.1 Å². The number of aromatic nitrogens is 1. The van der Waals surface area contributed by atoms with E-state index in [4.69, 9.17) is 12.2 Å². The van der Waals surface area contributed by atoms with Crippen LogP contribution in [0.1, 0.15) is 18.7 Å². The van der Waals surface area contributed by atoms with Crippen LogP contribution in [0.15, 0.2) is 41.3 Å². The maximum Gasteiger partial charge on any atom is 0.269 e. The number of carbonyl (C=O) groups excluding carboxylic acids is 1. The van der Waals surface area contributed by atoms with E-state index in [-0.39, 0.29) is 17.5 Å². The number of rotatable bonds is 4. The smallest absolute Gasteiger partial charge is 0.269 e. The van der Waals surface area contributed by atoms with E-state index < -0.39 is 0 Å². The normalized spacial score (nSPS) is 11.7. The van der Waals surface area contributed by atoms with Gasteiger partial charge in [-0.2, -0.15) is 5.26 Å². The third-order valence-corrected chi connectivity index (χ3v) is 5.62. The summed E-state index contributed by atoms with van der Waals surface area (Å²) in [5.74, 6) is -0.301. The summed E-state index contributed by atoms with van der Waals surface area (Å²) in [6.07, 6.45) is 1.64. The highest BCUT2D eigenvalue weighted by Crippen LogP contribution is 2.28. The Hall–Kier alpha value is -2.27. The largest absolute Gasteiger partial charge is 0.337 e. The van der Waals surface area contributed by atoms with Crippen LogP contribution in [-0.4, -0.2) is 16.9 Å². The highest BCUT2D eigenvalue weighted by atomic mass is 32.1. The number of carbonyl (C=O) groups is 1. The summed E-state index contributed by atoms with van der Waals surface area (Å²) in [7, 11) is 0. The lowest BCUT2D eigenvalue weighted by Crippen LogP contribution is -2.37. The molecule has 3 rings (SSSR count). The first kappa shape index (κ1) is 17.5. The lowest BCUT2D eigenvalue weighted by molar-refractivity contribution is -0.115. The number of nitriles is 1. The standard InChI is InChI=1S/C18H15N3OS3/c1-11(2)21(13-5-6-15-16(9-13)25-18(23)20-15)17(22)12(10-19)8-14-4-3-7-24-14/h3-9,11H,1-2H3,(H,20,23)/b12-8+. The van der Waals surface area contributed by atoms with E-state index in [1.54, 1.807) is 11.0 Å². The fraction of sp³-hybridized carbons (Fsp3) is 0.167. The van der Waals surface area contributed by atoms with Crippen molar-refractivity contribution in [3.8, 4) is 6.07 Å². The van der Waals surface area contributed by atoms with Gasteiger partial charge < -0.3 is 9.88 Å². The summed E-state index contributed by atoms with van der Waals surface area (Å²) >= 11 is 8.14. The van der Waals surface area contributed by atoms with Crippen molar-refractivity contribution in [2.24, 2.45) is 0 Å². The minimum Gasteiger partial charge on any atom is -0.337 e. The van der Waals surface area contributed by atoms with E-state index in [0.29, 0.717) is 3.95 Å². The number of thiazole rings is 1. The first-order valence-electron chi connectivity index (χ1n) is 7.61. The molecule has 0 unspecified atom stereocenters. The maximum atomic E-state index is 13.0. The average Bonchev–Trinajstić information content (AvgIpc) is 3.20. The summed E-state index contributed by atoms with van der Waals surface area (Å²) in [5, 5.41) is 11.4. The predicted molar refractivity (Wildman–Crippen MR) is 108 cm³/mol. The predicted octanol–water partition coefficient (Wildman–Crippen LogP) is 5.37. The molecule has 0 fully saturated rings. The van der Waals surface area contributed by atoms with Crippen molar-refractivity contribution in [1.82, 2.24) is 4.98 Å². The van der Waals surface area contributed by atoms with Gasteiger partial charge in [-0.1, -0.05) is 6.07 Å². The summed E-state index contributed by atoms with van der Waals surface area (Å²) in [4.78, 5) is 18.6. The maximum absolute atomic E-state index is 13.0. The molecule has 2 heterocycles. The van der Waals surface area contributed by atoms with Crippen molar-refractivity contribution in [1.29, 1.82) is 5.26 Å². The average molecular weight is 386 g/mol. The fourth-order valence-electron chi connectivity index (χ4n) is 2.52. The Labute approximate surface area is 158 Å². The molecule has 3 aromatic rings. The molecule has 1 N–H and O–H groups in total. The molecule has 7 heteroatoms. The summed E-state index contributed by atoms with van der Waals surface area (Å²) < 4.78 is 1.69. The highest BCUT2D eigenvalue weighted by Gasteiger charge is 2.23. The number of nitrogens with zero attached hydrogens (tertiary/aromatic N) is 2. The van der Waals surface area contributed by atoms with Crippen LogP contribution in [0.4, 0.5) is 5.69 Å². The lowest BCUT2D eigenvalue weighted by Gasteiger charge is -2.26. The number of hydrogen-bond donors (Lipinski definition) is 1. The third-order valence-electron chi connectivity index (χ3n) is 3.60. The zero-order valence-electron chi connectivity index (χ0n) is 13.6. The molecule has 1 amide bonds. The Morgan fingerprint density at radius 2 is 2.20 bits per heavy atom. The molecule has 0 spiro atoms. The van der Waals surface area contributed by atoms with Gasteiger partial charge in [0.2, 0.25) is 0 Å². The van der Waals surface area contributed by atoms with Crippen LogP contribution in [-0.2, 0) is 4.79 Å². The van der Waals surface area contributed by atoms with Crippen molar-refractivity contribution < 1.29 is 4.79 Å². The number of anilines is 1. The molecule has 0 aliphatic carbocycles. The molecule has 2 aromatic heterocycles. The molecule has 0 atom stereocenters. The molecule has 0 aliphatic rings. The Morgan fingerprint density at radius 3 is 2.84 bits per heavy atom. The number of nitrogens with one attached hydrogen (secondary N) is 1. The minimum absolute atomic E-state index is 0.0862. The summed E-state index contributed by atoms with van der Waals surface area (Å²) in [5.41, 5.74) is 1.83. The molecule has 25 heavy (non-hydrogen) atoms.